The van der Waals surface area contributed by atoms with E-state index in [0.717, 1.165) is 25.7 Å². The van der Waals surface area contributed by atoms with E-state index >= 15 is 0 Å². The lowest BCUT2D eigenvalue weighted by atomic mass is 10.1. The van der Waals surface area contributed by atoms with E-state index in [1.54, 1.807) is 3.11 Å². The van der Waals surface area contributed by atoms with Gasteiger partial charge in [0.15, 0.2) is 0 Å². The lowest BCUT2D eigenvalue weighted by molar-refractivity contribution is 0.0852. The van der Waals surface area contributed by atoms with Gasteiger partial charge >= 0.3 is 0 Å². The van der Waals surface area contributed by atoms with Crippen molar-refractivity contribution in [1.29, 1.82) is 0 Å². The van der Waals surface area contributed by atoms with Crippen LogP contribution in [0, 0.1) is 6.92 Å². The molecule has 2 saturated carbocycles. The van der Waals surface area contributed by atoms with Gasteiger partial charge < -0.3 is 9.73 Å². The molecule has 6 nitrogen and oxygen atoms in total. The summed E-state index contributed by atoms with van der Waals surface area (Å²) in [6.45, 7) is 6.08. The van der Waals surface area contributed by atoms with E-state index in [4.69, 9.17) is 4.42 Å². The van der Waals surface area contributed by atoms with Crippen molar-refractivity contribution in [3.63, 3.8) is 0 Å². The third kappa shape index (κ3) is 2.49. The van der Waals surface area contributed by atoms with Crippen LogP contribution >= 0.6 is 22.9 Å². The van der Waals surface area contributed by atoms with Crippen LogP contribution in [0.4, 0.5) is 5.82 Å². The topological polar surface area (TPSA) is 71.3 Å². The molecule has 0 saturated heterocycles. The molecule has 2 aliphatic carbocycles. The van der Waals surface area contributed by atoms with Gasteiger partial charge in [0.05, 0.1) is 39.4 Å². The maximum Gasteiger partial charge on any atom is 0.267 e. The average molecular weight is 426 g/mol. The molecule has 1 amide bonds. The number of halogens is 1. The van der Waals surface area contributed by atoms with Crippen molar-refractivity contribution in [1.82, 2.24) is 13.1 Å². The monoisotopic (exact) mass is 426 g/mol. The highest BCUT2D eigenvalue weighted by atomic mass is 127. The molecule has 2 heterocycles. The summed E-state index contributed by atoms with van der Waals surface area (Å²) in [7, 11) is 0. The predicted molar refractivity (Wildman–Crippen MR) is 95.6 cm³/mol. The second kappa shape index (κ2) is 4.81. The van der Waals surface area contributed by atoms with Gasteiger partial charge in [-0.3, -0.25) is 7.91 Å². The lowest BCUT2D eigenvalue weighted by Crippen LogP contribution is -2.32. The number of furan rings is 1. The first-order valence-corrected chi connectivity index (χ1v) is 8.82. The van der Waals surface area contributed by atoms with Crippen LogP contribution in [-0.2, 0) is 0 Å². The summed E-state index contributed by atoms with van der Waals surface area (Å²) < 4.78 is 7.54. The van der Waals surface area contributed by atoms with Crippen LogP contribution in [0.25, 0.3) is 11.1 Å². The Morgan fingerprint density at radius 3 is 2.61 bits per heavy atom. The van der Waals surface area contributed by atoms with Crippen molar-refractivity contribution >= 4 is 45.7 Å². The largest absolute Gasteiger partial charge is 0.442 e. The van der Waals surface area contributed by atoms with Crippen LogP contribution in [-0.4, -0.2) is 30.1 Å². The van der Waals surface area contributed by atoms with E-state index in [0.29, 0.717) is 28.2 Å². The summed E-state index contributed by atoms with van der Waals surface area (Å²) in [4.78, 5) is 21.6. The Bertz CT molecular complexity index is 808. The first-order chi connectivity index (χ1) is 10.8. The molecule has 0 radical (unpaired) electrons. The second-order valence-corrected chi connectivity index (χ2v) is 8.17. The zero-order valence-electron chi connectivity index (χ0n) is 13.4. The number of fused-ring (bicyclic) bond motifs is 1. The number of carbonyl (C=O) groups is 1. The Hall–Kier alpha value is -1.38. The minimum atomic E-state index is -0.0423. The van der Waals surface area contributed by atoms with E-state index in [1.165, 1.54) is 6.33 Å². The molecule has 0 unspecified atom stereocenters. The fourth-order valence-electron chi connectivity index (χ4n) is 2.72. The highest BCUT2D eigenvalue weighted by molar-refractivity contribution is 14.1. The fraction of sp³-hybridized carbons (Fsp3) is 0.562. The van der Waals surface area contributed by atoms with Crippen LogP contribution in [0.2, 0.25) is 0 Å². The van der Waals surface area contributed by atoms with E-state index in [-0.39, 0.29) is 17.0 Å². The smallest absolute Gasteiger partial charge is 0.267 e. The Kier molecular flexibility index (Phi) is 3.17. The molecule has 23 heavy (non-hydrogen) atoms. The molecule has 2 aromatic heterocycles. The van der Waals surface area contributed by atoms with Gasteiger partial charge in [0.1, 0.15) is 17.9 Å². The summed E-state index contributed by atoms with van der Waals surface area (Å²) in [5.41, 5.74) is 1.08. The average Bonchev–Trinajstić information content (AvgIpc) is 3.39. The molecule has 4 rings (SSSR count). The highest BCUT2D eigenvalue weighted by Gasteiger charge is 2.46. The number of anilines is 1. The number of nitrogens with one attached hydrogen (secondary N) is 1. The van der Waals surface area contributed by atoms with Gasteiger partial charge in [-0.25, -0.2) is 9.97 Å². The fourth-order valence-corrected chi connectivity index (χ4v) is 3.44. The summed E-state index contributed by atoms with van der Waals surface area (Å²) in [6.07, 6.45) is 5.77. The number of hydrogen-bond acceptors (Lipinski definition) is 5. The van der Waals surface area contributed by atoms with Crippen LogP contribution < -0.4 is 5.32 Å². The van der Waals surface area contributed by atoms with Crippen molar-refractivity contribution < 1.29 is 9.21 Å². The van der Waals surface area contributed by atoms with E-state index < -0.39 is 0 Å². The van der Waals surface area contributed by atoms with Crippen molar-refractivity contribution in [2.45, 2.75) is 57.5 Å². The SMILES string of the molecule is Cc1oc2ncnc(NC3(C)CC3)c2c1C(=O)N(I)C1(C)CC1. The standard InChI is InChI=1S/C16H19IN4O2/c1-9-10(14(22)21(17)16(3)6-7-16)11-12(20-15(2)4-5-15)18-8-19-13(11)23-9/h8H,4-7H2,1-3H3,(H,18,19,20). The molecule has 2 fully saturated rings. The quantitative estimate of drug-likeness (QED) is 0.594. The zero-order valence-corrected chi connectivity index (χ0v) is 15.6. The Morgan fingerprint density at radius 1 is 1.30 bits per heavy atom. The molecule has 122 valence electrons. The summed E-state index contributed by atoms with van der Waals surface area (Å²) in [5, 5.41) is 4.16. The van der Waals surface area contributed by atoms with Gasteiger partial charge in [-0.05, 0) is 46.5 Å². The normalized spacial score (nSPS) is 20.3. The summed E-state index contributed by atoms with van der Waals surface area (Å²) in [6, 6.07) is 0. The van der Waals surface area contributed by atoms with Crippen molar-refractivity contribution in [3.8, 4) is 0 Å². The molecule has 1 N–H and O–H groups in total. The van der Waals surface area contributed by atoms with E-state index in [2.05, 4.69) is 52.0 Å². The highest BCUT2D eigenvalue weighted by Crippen LogP contribution is 2.45. The molecule has 0 aliphatic heterocycles. The van der Waals surface area contributed by atoms with Gasteiger partial charge in [-0.15, -0.1) is 0 Å². The van der Waals surface area contributed by atoms with Crippen LogP contribution in [0.3, 0.4) is 0 Å². The maximum absolute atomic E-state index is 13.0. The molecule has 7 heteroatoms. The van der Waals surface area contributed by atoms with Gasteiger partial charge in [-0.2, -0.15) is 0 Å². The number of carbonyl (C=O) groups excluding carboxylic acids is 1. The van der Waals surface area contributed by atoms with Gasteiger partial charge in [0, 0.05) is 5.54 Å². The molecular formula is C16H19IN4O2. The number of aryl methyl sites for hydroxylation is 1. The van der Waals surface area contributed by atoms with Gasteiger partial charge in [0.25, 0.3) is 5.91 Å². The number of aromatic nitrogens is 2. The predicted octanol–water partition coefficient (Wildman–Crippen LogP) is 3.84. The Balaban J connectivity index is 1.82. The number of rotatable bonds is 4. The maximum atomic E-state index is 13.0. The molecule has 0 spiro atoms. The number of nitrogens with zero attached hydrogens (tertiary/aromatic N) is 3. The second-order valence-electron chi connectivity index (χ2n) is 7.20. The van der Waals surface area contributed by atoms with Gasteiger partial charge in [-0.1, -0.05) is 0 Å². The third-order valence-corrected chi connectivity index (χ3v) is 6.53. The Labute approximate surface area is 148 Å². The number of hydrogen-bond donors (Lipinski definition) is 1. The van der Waals surface area contributed by atoms with Crippen molar-refractivity contribution in [2.24, 2.45) is 0 Å². The number of amides is 1. The molecule has 0 bridgehead atoms. The third-order valence-electron chi connectivity index (χ3n) is 4.92. The lowest BCUT2D eigenvalue weighted by Gasteiger charge is -2.22. The molecule has 2 aliphatic rings. The van der Waals surface area contributed by atoms with E-state index in [9.17, 15) is 4.79 Å². The minimum absolute atomic E-state index is 0.0272. The van der Waals surface area contributed by atoms with E-state index in [1.807, 2.05) is 6.92 Å². The van der Waals surface area contributed by atoms with Crippen LogP contribution in [0.5, 0.6) is 0 Å². The van der Waals surface area contributed by atoms with Crippen LogP contribution in [0.1, 0.15) is 55.6 Å². The van der Waals surface area contributed by atoms with Crippen molar-refractivity contribution in [3.05, 3.63) is 17.7 Å². The molecule has 0 atom stereocenters. The zero-order chi connectivity index (χ0) is 16.4. The summed E-state index contributed by atoms with van der Waals surface area (Å²) >= 11 is 2.12. The van der Waals surface area contributed by atoms with Crippen LogP contribution in [0.15, 0.2) is 10.7 Å². The first-order valence-electron chi connectivity index (χ1n) is 7.86. The molecule has 0 aromatic carbocycles. The summed E-state index contributed by atoms with van der Waals surface area (Å²) in [5.74, 6) is 1.27. The van der Waals surface area contributed by atoms with Crippen molar-refractivity contribution in [2.75, 3.05) is 5.32 Å². The first kappa shape index (κ1) is 15.2. The minimum Gasteiger partial charge on any atom is -0.442 e. The van der Waals surface area contributed by atoms with Gasteiger partial charge in [0.2, 0.25) is 5.71 Å². The molecule has 2 aromatic rings. The molecular weight excluding hydrogens is 407 g/mol. The Morgan fingerprint density at radius 2 is 2.00 bits per heavy atom.